The molecule has 0 saturated heterocycles. The first-order chi connectivity index (χ1) is 14.0. The summed E-state index contributed by atoms with van der Waals surface area (Å²) in [5.74, 6) is 0. The number of hydrogen-bond acceptors (Lipinski definition) is 6. The number of aromatic nitrogens is 6. The van der Waals surface area contributed by atoms with E-state index >= 15 is 0 Å². The molecule has 6 heteroatoms. The molecule has 0 aliphatic carbocycles. The van der Waals surface area contributed by atoms with E-state index in [1.54, 1.807) is 6.20 Å². The third-order valence-corrected chi connectivity index (χ3v) is 5.60. The molecule has 30 heavy (non-hydrogen) atoms. The normalized spacial score (nSPS) is 12.8. The molecule has 0 bridgehead atoms. The maximum atomic E-state index is 4.41. The highest BCUT2D eigenvalue weighted by Gasteiger charge is 2.27. The molecule has 0 amide bonds. The molecule has 3 aromatic heterocycles. The molecule has 3 rings (SSSR count). The van der Waals surface area contributed by atoms with Crippen molar-refractivity contribution >= 4 is 0 Å². The Kier molecular flexibility index (Phi) is 5.97. The van der Waals surface area contributed by atoms with Gasteiger partial charge in [-0.1, -0.05) is 48.5 Å². The molecular weight excluding hydrogens is 372 g/mol. The highest BCUT2D eigenvalue weighted by atomic mass is 15.1. The van der Waals surface area contributed by atoms with Crippen LogP contribution in [0, 0.1) is 0 Å². The zero-order chi connectivity index (χ0) is 22.0. The molecule has 0 aliphatic rings. The lowest BCUT2D eigenvalue weighted by atomic mass is 9.78. The third-order valence-electron chi connectivity index (χ3n) is 5.60. The highest BCUT2D eigenvalue weighted by Crippen LogP contribution is 2.31. The Morgan fingerprint density at radius 3 is 2.00 bits per heavy atom. The molecule has 3 aromatic rings. The van der Waals surface area contributed by atoms with E-state index in [1.165, 1.54) is 11.1 Å². The van der Waals surface area contributed by atoms with Gasteiger partial charge in [-0.2, -0.15) is 30.6 Å². The monoisotopic (exact) mass is 404 g/mol. The second kappa shape index (κ2) is 8.17. The van der Waals surface area contributed by atoms with Crippen molar-refractivity contribution in [3.8, 4) is 0 Å². The van der Waals surface area contributed by atoms with E-state index in [-0.39, 0.29) is 16.2 Å². The van der Waals surface area contributed by atoms with Gasteiger partial charge in [0.05, 0.1) is 30.0 Å². The predicted molar refractivity (Wildman–Crippen MR) is 118 cm³/mol. The topological polar surface area (TPSA) is 77.3 Å². The van der Waals surface area contributed by atoms with E-state index < -0.39 is 0 Å². The summed E-state index contributed by atoms with van der Waals surface area (Å²) in [5.41, 5.74) is 5.25. The van der Waals surface area contributed by atoms with Crippen LogP contribution in [0.5, 0.6) is 0 Å². The first-order valence-electron chi connectivity index (χ1n) is 10.4. The Morgan fingerprint density at radius 2 is 1.33 bits per heavy atom. The van der Waals surface area contributed by atoms with Crippen molar-refractivity contribution < 1.29 is 0 Å². The van der Waals surface area contributed by atoms with Crippen molar-refractivity contribution in [3.05, 3.63) is 71.1 Å². The SMILES string of the molecule is CC(C)(C)c1cc(CC(C)(C)c2cnnc(CC(C)(C)c3ccnnc3)c2)cnn1. The van der Waals surface area contributed by atoms with Crippen molar-refractivity contribution in [2.75, 3.05) is 0 Å². The maximum Gasteiger partial charge on any atom is 0.0687 e. The molecular formula is C24H32N6. The fourth-order valence-corrected chi connectivity index (χ4v) is 3.60. The van der Waals surface area contributed by atoms with Gasteiger partial charge >= 0.3 is 0 Å². The summed E-state index contributed by atoms with van der Waals surface area (Å²) in [7, 11) is 0. The van der Waals surface area contributed by atoms with Crippen molar-refractivity contribution in [3.63, 3.8) is 0 Å². The summed E-state index contributed by atoms with van der Waals surface area (Å²) in [6, 6.07) is 6.37. The molecule has 0 N–H and O–H groups in total. The molecule has 0 aromatic carbocycles. The lowest BCUT2D eigenvalue weighted by Gasteiger charge is -2.27. The van der Waals surface area contributed by atoms with Gasteiger partial charge in [-0.05, 0) is 52.1 Å². The van der Waals surface area contributed by atoms with Crippen LogP contribution in [0.1, 0.15) is 76.5 Å². The fourth-order valence-electron chi connectivity index (χ4n) is 3.60. The second-order valence-electron chi connectivity index (χ2n) is 10.4. The van der Waals surface area contributed by atoms with Crippen molar-refractivity contribution in [2.24, 2.45) is 0 Å². The summed E-state index contributed by atoms with van der Waals surface area (Å²) < 4.78 is 0. The Balaban J connectivity index is 1.82. The third kappa shape index (κ3) is 5.23. The minimum Gasteiger partial charge on any atom is -0.159 e. The Bertz CT molecular complexity index is 990. The average Bonchev–Trinajstić information content (AvgIpc) is 2.68. The summed E-state index contributed by atoms with van der Waals surface area (Å²) in [6.07, 6.45) is 8.94. The quantitative estimate of drug-likeness (QED) is 0.606. The van der Waals surface area contributed by atoms with Crippen LogP contribution < -0.4 is 0 Å². The molecule has 6 nitrogen and oxygen atoms in total. The lowest BCUT2D eigenvalue weighted by Crippen LogP contribution is -2.25. The largest absolute Gasteiger partial charge is 0.159 e. The van der Waals surface area contributed by atoms with Crippen LogP contribution in [0.2, 0.25) is 0 Å². The van der Waals surface area contributed by atoms with Crippen LogP contribution in [0.3, 0.4) is 0 Å². The first-order valence-corrected chi connectivity index (χ1v) is 10.4. The molecule has 0 radical (unpaired) electrons. The van der Waals surface area contributed by atoms with Crippen LogP contribution in [0.25, 0.3) is 0 Å². The van der Waals surface area contributed by atoms with Gasteiger partial charge in [0.1, 0.15) is 0 Å². The minimum atomic E-state index is -0.107. The van der Waals surface area contributed by atoms with Gasteiger partial charge in [0.25, 0.3) is 0 Å². The average molecular weight is 405 g/mol. The van der Waals surface area contributed by atoms with Crippen molar-refractivity contribution in [2.45, 2.75) is 77.6 Å². The zero-order valence-corrected chi connectivity index (χ0v) is 19.1. The smallest absolute Gasteiger partial charge is 0.0687 e. The van der Waals surface area contributed by atoms with E-state index in [9.17, 15) is 0 Å². The van der Waals surface area contributed by atoms with E-state index in [1.807, 2.05) is 24.7 Å². The van der Waals surface area contributed by atoms with Gasteiger partial charge in [-0.25, -0.2) is 0 Å². The number of hydrogen-bond donors (Lipinski definition) is 0. The molecule has 0 aliphatic heterocycles. The van der Waals surface area contributed by atoms with E-state index in [4.69, 9.17) is 0 Å². The molecule has 0 saturated carbocycles. The van der Waals surface area contributed by atoms with Gasteiger partial charge in [0.15, 0.2) is 0 Å². The Labute approximate surface area is 179 Å². The predicted octanol–water partition coefficient (Wildman–Crippen LogP) is 4.39. The lowest BCUT2D eigenvalue weighted by molar-refractivity contribution is 0.493. The standard InChI is InChI=1S/C24H32N6/c1-22(2,3)21-10-17(14-27-30-21)12-23(4,5)19-11-20(29-28-16-19)13-24(6,7)18-8-9-25-26-15-18/h8-11,14-16H,12-13H2,1-7H3. The molecule has 158 valence electrons. The maximum absolute atomic E-state index is 4.41. The highest BCUT2D eigenvalue weighted by molar-refractivity contribution is 5.29. The van der Waals surface area contributed by atoms with E-state index in [0.717, 1.165) is 29.8 Å². The van der Waals surface area contributed by atoms with Gasteiger partial charge < -0.3 is 0 Å². The van der Waals surface area contributed by atoms with E-state index in [2.05, 4.69) is 91.2 Å². The van der Waals surface area contributed by atoms with Gasteiger partial charge in [-0.15, -0.1) is 0 Å². The summed E-state index contributed by atoms with van der Waals surface area (Å²) in [5, 5.41) is 25.2. The van der Waals surface area contributed by atoms with Crippen LogP contribution in [0.15, 0.2) is 43.0 Å². The second-order valence-corrected chi connectivity index (χ2v) is 10.4. The van der Waals surface area contributed by atoms with Crippen LogP contribution in [-0.4, -0.2) is 30.6 Å². The van der Waals surface area contributed by atoms with Crippen LogP contribution in [0.4, 0.5) is 0 Å². The van der Waals surface area contributed by atoms with Crippen LogP contribution in [-0.2, 0) is 29.1 Å². The summed E-state index contributed by atoms with van der Waals surface area (Å²) >= 11 is 0. The van der Waals surface area contributed by atoms with Crippen molar-refractivity contribution in [1.82, 2.24) is 30.6 Å². The Morgan fingerprint density at radius 1 is 0.667 bits per heavy atom. The van der Waals surface area contributed by atoms with Gasteiger partial charge in [-0.3, -0.25) is 0 Å². The summed E-state index contributed by atoms with van der Waals surface area (Å²) in [6.45, 7) is 15.3. The number of rotatable bonds is 6. The molecule has 0 atom stereocenters. The van der Waals surface area contributed by atoms with Gasteiger partial charge in [0, 0.05) is 18.0 Å². The zero-order valence-electron chi connectivity index (χ0n) is 19.1. The van der Waals surface area contributed by atoms with Crippen molar-refractivity contribution in [1.29, 1.82) is 0 Å². The van der Waals surface area contributed by atoms with E-state index in [0.29, 0.717) is 0 Å². The minimum absolute atomic E-state index is 0.0219. The van der Waals surface area contributed by atoms with Crippen LogP contribution >= 0.6 is 0 Å². The fraction of sp³-hybridized carbons (Fsp3) is 0.500. The molecule has 0 fully saturated rings. The summed E-state index contributed by atoms with van der Waals surface area (Å²) in [4.78, 5) is 0. The molecule has 3 heterocycles. The van der Waals surface area contributed by atoms with Gasteiger partial charge in [0.2, 0.25) is 0 Å². The molecule has 0 spiro atoms. The number of nitrogens with zero attached hydrogens (tertiary/aromatic N) is 6. The Hall–Kier alpha value is -2.76. The molecule has 0 unspecified atom stereocenters. The first kappa shape index (κ1) is 21.9.